The molecule has 0 fully saturated rings. The summed E-state index contributed by atoms with van der Waals surface area (Å²) in [7, 11) is -2.74. The molecule has 1 aromatic heterocycles. The summed E-state index contributed by atoms with van der Waals surface area (Å²) in [6.07, 6.45) is 1.51. The predicted molar refractivity (Wildman–Crippen MR) is 99.2 cm³/mol. The summed E-state index contributed by atoms with van der Waals surface area (Å²) < 4.78 is 26.6. The van der Waals surface area contributed by atoms with E-state index in [-0.39, 0.29) is 21.9 Å². The van der Waals surface area contributed by atoms with Gasteiger partial charge in [0.05, 0.1) is 4.90 Å². The molecule has 0 unspecified atom stereocenters. The Morgan fingerprint density at radius 2 is 2.00 bits per heavy atom. The third-order valence-corrected chi connectivity index (χ3v) is 6.66. The Morgan fingerprint density at radius 1 is 1.23 bits per heavy atom. The van der Waals surface area contributed by atoms with E-state index in [0.29, 0.717) is 10.5 Å². The van der Waals surface area contributed by atoms with E-state index in [9.17, 15) is 18.3 Å². The zero-order valence-electron chi connectivity index (χ0n) is 13.5. The second-order valence-electron chi connectivity index (χ2n) is 5.62. The first kappa shape index (κ1) is 16.6. The molecule has 0 bridgehead atoms. The van der Waals surface area contributed by atoms with Gasteiger partial charge < -0.3 is 5.11 Å². The number of benzene rings is 2. The molecule has 132 valence electrons. The topological polar surface area (TPSA) is 99.6 Å². The van der Waals surface area contributed by atoms with E-state index in [0.717, 1.165) is 9.69 Å². The molecule has 7 nitrogen and oxygen atoms in total. The number of likely N-dealkylation sites (N-methyl/N-ethyl adjacent to an activating group) is 1. The van der Waals surface area contributed by atoms with Crippen LogP contribution in [0.15, 0.2) is 58.6 Å². The van der Waals surface area contributed by atoms with Gasteiger partial charge in [-0.15, -0.1) is 11.3 Å². The fraction of sp³-hybridized carbons (Fsp3) is 0.0588. The van der Waals surface area contributed by atoms with Crippen LogP contribution in [-0.4, -0.2) is 35.8 Å². The minimum absolute atomic E-state index is 0.0398. The summed E-state index contributed by atoms with van der Waals surface area (Å²) in [6.45, 7) is 0. The van der Waals surface area contributed by atoms with Crippen LogP contribution in [-0.2, 0) is 14.8 Å². The first-order chi connectivity index (χ1) is 12.4. The Kier molecular flexibility index (Phi) is 3.70. The molecule has 0 saturated heterocycles. The zero-order valence-corrected chi connectivity index (χ0v) is 15.1. The van der Waals surface area contributed by atoms with Crippen LogP contribution >= 0.6 is 11.3 Å². The van der Waals surface area contributed by atoms with E-state index in [4.69, 9.17) is 0 Å². The molecule has 2 N–H and O–H groups in total. The fourth-order valence-corrected chi connectivity index (χ4v) is 4.87. The summed E-state index contributed by atoms with van der Waals surface area (Å²) in [5.41, 5.74) is -0.213. The van der Waals surface area contributed by atoms with Crippen molar-refractivity contribution in [1.29, 1.82) is 0 Å². The predicted octanol–water partition coefficient (Wildman–Crippen LogP) is 2.80. The number of aliphatic hydroxyl groups is 1. The highest BCUT2D eigenvalue weighted by atomic mass is 32.2. The van der Waals surface area contributed by atoms with Crippen LogP contribution in [0.5, 0.6) is 0 Å². The Morgan fingerprint density at radius 3 is 2.73 bits per heavy atom. The standard InChI is InChI=1S/C17H13N3O4S2/c1-20-14(16(22)19-17-18-8-9-25-17)15(21)13-11-5-3-2-4-10(11)6-7-12(13)26(20,23)24/h2-9,21H,1H3,(H,18,19,22). The molecule has 4 rings (SSSR count). The van der Waals surface area contributed by atoms with E-state index in [1.165, 1.54) is 30.6 Å². The van der Waals surface area contributed by atoms with Crippen LogP contribution in [0.4, 0.5) is 5.13 Å². The van der Waals surface area contributed by atoms with Gasteiger partial charge in [-0.1, -0.05) is 30.3 Å². The van der Waals surface area contributed by atoms with E-state index in [1.54, 1.807) is 23.6 Å². The van der Waals surface area contributed by atoms with E-state index < -0.39 is 15.9 Å². The Labute approximate surface area is 153 Å². The van der Waals surface area contributed by atoms with Gasteiger partial charge in [0.2, 0.25) is 0 Å². The summed E-state index contributed by atoms with van der Waals surface area (Å²) in [5.74, 6) is -1.13. The van der Waals surface area contributed by atoms with Crippen molar-refractivity contribution in [2.24, 2.45) is 0 Å². The molecule has 1 aliphatic rings. The maximum atomic E-state index is 12.9. The number of nitrogens with one attached hydrogen (secondary N) is 1. The molecular formula is C17H13N3O4S2. The van der Waals surface area contributed by atoms with Gasteiger partial charge in [0.25, 0.3) is 15.9 Å². The van der Waals surface area contributed by atoms with Crippen molar-refractivity contribution in [3.8, 4) is 0 Å². The SMILES string of the molecule is CN1C(C(=O)Nc2nccs2)=C(O)c2c(ccc3ccccc23)S1(=O)=O. The smallest absolute Gasteiger partial charge is 0.278 e. The van der Waals surface area contributed by atoms with Crippen LogP contribution in [0.1, 0.15) is 5.56 Å². The number of rotatable bonds is 2. The van der Waals surface area contributed by atoms with E-state index >= 15 is 0 Å². The molecule has 1 amide bonds. The van der Waals surface area contributed by atoms with Crippen molar-refractivity contribution >= 4 is 48.9 Å². The van der Waals surface area contributed by atoms with Gasteiger partial charge in [-0.25, -0.2) is 13.4 Å². The number of sulfonamides is 1. The van der Waals surface area contributed by atoms with E-state index in [2.05, 4.69) is 10.3 Å². The lowest BCUT2D eigenvalue weighted by Gasteiger charge is -2.29. The molecule has 0 aliphatic carbocycles. The molecule has 0 atom stereocenters. The Bertz CT molecular complexity index is 1170. The van der Waals surface area contributed by atoms with Crippen LogP contribution in [0.25, 0.3) is 16.5 Å². The molecule has 1 aliphatic heterocycles. The summed E-state index contributed by atoms with van der Waals surface area (Å²) in [5, 5.41) is 16.6. The maximum Gasteiger partial charge on any atom is 0.278 e. The largest absolute Gasteiger partial charge is 0.505 e. The summed E-state index contributed by atoms with van der Waals surface area (Å²) in [6, 6.07) is 10.2. The van der Waals surface area contributed by atoms with Gasteiger partial charge in [-0.05, 0) is 16.8 Å². The molecule has 2 aromatic carbocycles. The minimum atomic E-state index is -3.98. The van der Waals surface area contributed by atoms with Crippen LogP contribution in [0.3, 0.4) is 0 Å². The number of nitrogens with zero attached hydrogens (tertiary/aromatic N) is 2. The molecule has 0 spiro atoms. The number of fused-ring (bicyclic) bond motifs is 3. The second kappa shape index (κ2) is 5.82. The first-order valence-electron chi connectivity index (χ1n) is 7.56. The third kappa shape index (κ3) is 2.36. The third-order valence-electron chi connectivity index (χ3n) is 4.17. The summed E-state index contributed by atoms with van der Waals surface area (Å²) in [4.78, 5) is 16.6. The van der Waals surface area contributed by atoms with Crippen molar-refractivity contribution in [3.05, 3.63) is 59.2 Å². The fourth-order valence-electron chi connectivity index (χ4n) is 2.94. The lowest BCUT2D eigenvalue weighted by molar-refractivity contribution is -0.113. The molecule has 0 radical (unpaired) electrons. The van der Waals surface area contributed by atoms with Gasteiger partial charge in [0, 0.05) is 24.2 Å². The van der Waals surface area contributed by atoms with Gasteiger partial charge in [0.15, 0.2) is 16.6 Å². The van der Waals surface area contributed by atoms with Gasteiger partial charge in [-0.2, -0.15) is 0 Å². The van der Waals surface area contributed by atoms with Crippen molar-refractivity contribution < 1.29 is 18.3 Å². The van der Waals surface area contributed by atoms with E-state index in [1.807, 2.05) is 12.1 Å². The van der Waals surface area contributed by atoms with Crippen LogP contribution in [0, 0.1) is 0 Å². The van der Waals surface area contributed by atoms with Gasteiger partial charge in [0.1, 0.15) is 0 Å². The Balaban J connectivity index is 1.97. The number of hydrogen-bond donors (Lipinski definition) is 2. The lowest BCUT2D eigenvalue weighted by Crippen LogP contribution is -2.37. The molecule has 2 heterocycles. The number of carbonyl (C=O) groups is 1. The highest BCUT2D eigenvalue weighted by molar-refractivity contribution is 7.89. The molecule has 3 aromatic rings. The normalized spacial score (nSPS) is 15.8. The number of amides is 1. The Hall–Kier alpha value is -2.91. The molecule has 0 saturated carbocycles. The number of thiazole rings is 1. The minimum Gasteiger partial charge on any atom is -0.505 e. The molecule has 26 heavy (non-hydrogen) atoms. The van der Waals surface area contributed by atoms with Crippen molar-refractivity contribution in [3.63, 3.8) is 0 Å². The summed E-state index contributed by atoms with van der Waals surface area (Å²) >= 11 is 1.19. The number of anilines is 1. The average molecular weight is 387 g/mol. The van der Waals surface area contributed by atoms with Crippen molar-refractivity contribution in [2.75, 3.05) is 12.4 Å². The second-order valence-corrected chi connectivity index (χ2v) is 8.45. The monoisotopic (exact) mass is 387 g/mol. The maximum absolute atomic E-state index is 12.9. The quantitative estimate of drug-likeness (QED) is 0.704. The molecule has 9 heteroatoms. The average Bonchev–Trinajstić information content (AvgIpc) is 3.12. The number of carbonyl (C=O) groups excluding carboxylic acids is 1. The van der Waals surface area contributed by atoms with Gasteiger partial charge >= 0.3 is 0 Å². The van der Waals surface area contributed by atoms with Crippen LogP contribution < -0.4 is 5.32 Å². The highest BCUT2D eigenvalue weighted by Crippen LogP contribution is 2.39. The van der Waals surface area contributed by atoms with Crippen molar-refractivity contribution in [1.82, 2.24) is 9.29 Å². The van der Waals surface area contributed by atoms with Crippen LogP contribution in [0.2, 0.25) is 0 Å². The number of hydrogen-bond acceptors (Lipinski definition) is 6. The zero-order chi connectivity index (χ0) is 18.5. The number of aliphatic hydroxyl groups excluding tert-OH is 1. The highest BCUT2D eigenvalue weighted by Gasteiger charge is 2.39. The van der Waals surface area contributed by atoms with Crippen molar-refractivity contribution in [2.45, 2.75) is 4.90 Å². The van der Waals surface area contributed by atoms with Gasteiger partial charge in [-0.3, -0.25) is 14.4 Å². The first-order valence-corrected chi connectivity index (χ1v) is 9.88. The molecular weight excluding hydrogens is 374 g/mol. The number of aromatic nitrogens is 1. The lowest BCUT2D eigenvalue weighted by atomic mass is 10.0.